The summed E-state index contributed by atoms with van der Waals surface area (Å²) in [4.78, 5) is 6.31. The Labute approximate surface area is 120 Å². The molecule has 1 heterocycles. The van der Waals surface area contributed by atoms with Crippen LogP contribution < -0.4 is 5.32 Å². The van der Waals surface area contributed by atoms with Crippen LogP contribution in [0.1, 0.15) is 30.7 Å². The van der Waals surface area contributed by atoms with E-state index < -0.39 is 0 Å². The van der Waals surface area contributed by atoms with Gasteiger partial charge < -0.3 is 9.73 Å². The van der Waals surface area contributed by atoms with Gasteiger partial charge in [-0.1, -0.05) is 38.1 Å². The molecule has 4 nitrogen and oxygen atoms in total. The lowest BCUT2D eigenvalue weighted by molar-refractivity contribution is 0.296. The van der Waals surface area contributed by atoms with Crippen LogP contribution in [0, 0.1) is 0 Å². The number of hydrogen-bond acceptors (Lipinski definition) is 4. The summed E-state index contributed by atoms with van der Waals surface area (Å²) in [6.45, 7) is 9.16. The summed E-state index contributed by atoms with van der Waals surface area (Å²) >= 11 is 0. The second-order valence-electron chi connectivity index (χ2n) is 4.85. The summed E-state index contributed by atoms with van der Waals surface area (Å²) in [6, 6.07) is 8.80. The molecule has 0 atom stereocenters. The van der Waals surface area contributed by atoms with Crippen molar-refractivity contribution in [2.24, 2.45) is 0 Å². The van der Waals surface area contributed by atoms with Gasteiger partial charge in [0.25, 0.3) is 0 Å². The Hall–Kier alpha value is -1.65. The van der Waals surface area contributed by atoms with E-state index >= 15 is 0 Å². The van der Waals surface area contributed by atoms with E-state index in [1.165, 1.54) is 17.5 Å². The highest BCUT2D eigenvalue weighted by molar-refractivity contribution is 5.22. The molecule has 0 spiro atoms. The quantitative estimate of drug-likeness (QED) is 0.803. The molecule has 4 heteroatoms. The summed E-state index contributed by atoms with van der Waals surface area (Å²) < 4.78 is 5.18. The Kier molecular flexibility index (Phi) is 5.77. The minimum Gasteiger partial charge on any atom is -0.447 e. The smallest absolute Gasteiger partial charge is 0.180 e. The van der Waals surface area contributed by atoms with Crippen molar-refractivity contribution in [2.45, 2.75) is 33.5 Å². The third-order valence-electron chi connectivity index (χ3n) is 3.44. The van der Waals surface area contributed by atoms with E-state index in [4.69, 9.17) is 4.42 Å². The van der Waals surface area contributed by atoms with Crippen LogP contribution in [0.2, 0.25) is 0 Å². The minimum absolute atomic E-state index is 0.710. The Morgan fingerprint density at radius 2 is 1.75 bits per heavy atom. The number of nitrogens with zero attached hydrogens (tertiary/aromatic N) is 2. The number of oxazole rings is 1. The maximum Gasteiger partial charge on any atom is 0.180 e. The van der Waals surface area contributed by atoms with E-state index in [0.717, 1.165) is 31.9 Å². The number of nitrogens with one attached hydrogen (secondary N) is 1. The highest BCUT2D eigenvalue weighted by Gasteiger charge is 2.01. The van der Waals surface area contributed by atoms with Crippen LogP contribution in [0.3, 0.4) is 0 Å². The van der Waals surface area contributed by atoms with Gasteiger partial charge in [0.2, 0.25) is 0 Å². The molecule has 2 aromatic rings. The van der Waals surface area contributed by atoms with Gasteiger partial charge in [0.05, 0.1) is 12.7 Å². The van der Waals surface area contributed by atoms with Crippen molar-refractivity contribution in [3.8, 4) is 0 Å². The van der Waals surface area contributed by atoms with Gasteiger partial charge >= 0.3 is 0 Å². The van der Waals surface area contributed by atoms with Crippen LogP contribution in [0.4, 0.5) is 0 Å². The van der Waals surface area contributed by atoms with Gasteiger partial charge in [0.1, 0.15) is 5.76 Å². The molecule has 0 unspecified atom stereocenters. The highest BCUT2D eigenvalue weighted by atomic mass is 16.3. The molecule has 1 aromatic carbocycles. The molecule has 0 saturated heterocycles. The highest BCUT2D eigenvalue weighted by Crippen LogP contribution is 2.08. The normalized spacial score (nSPS) is 11.2. The molecule has 0 radical (unpaired) electrons. The predicted molar refractivity (Wildman–Crippen MR) is 80.1 cm³/mol. The number of benzene rings is 1. The first kappa shape index (κ1) is 14.8. The fraction of sp³-hybridized carbons (Fsp3) is 0.438. The van der Waals surface area contributed by atoms with Crippen molar-refractivity contribution < 1.29 is 4.42 Å². The third-order valence-corrected chi connectivity index (χ3v) is 3.44. The topological polar surface area (TPSA) is 41.3 Å². The van der Waals surface area contributed by atoms with Crippen LogP contribution in [-0.2, 0) is 19.6 Å². The molecule has 20 heavy (non-hydrogen) atoms. The maximum absolute atomic E-state index is 5.18. The van der Waals surface area contributed by atoms with Crippen LogP contribution >= 0.6 is 0 Å². The second kappa shape index (κ2) is 7.82. The zero-order chi connectivity index (χ0) is 14.2. The first-order valence-electron chi connectivity index (χ1n) is 7.20. The van der Waals surface area contributed by atoms with Gasteiger partial charge in [-0.25, -0.2) is 4.98 Å². The third kappa shape index (κ3) is 4.47. The van der Waals surface area contributed by atoms with Crippen molar-refractivity contribution in [3.05, 3.63) is 53.7 Å². The minimum atomic E-state index is 0.710. The van der Waals surface area contributed by atoms with E-state index in [1.54, 1.807) is 6.20 Å². The van der Waals surface area contributed by atoms with Gasteiger partial charge in [0.15, 0.2) is 6.39 Å². The number of aromatic nitrogens is 1. The standard InChI is InChI=1S/C16H23N3O/c1-3-19(4-2)12-15-7-5-14(6-8-15)9-17-10-16-11-18-13-20-16/h5-8,11,13,17H,3-4,9-10,12H2,1-2H3. The molecule has 0 aliphatic rings. The largest absolute Gasteiger partial charge is 0.447 e. The molecule has 0 aliphatic carbocycles. The van der Waals surface area contributed by atoms with Crippen molar-refractivity contribution in [2.75, 3.05) is 13.1 Å². The first-order chi connectivity index (χ1) is 9.81. The van der Waals surface area contributed by atoms with Crippen molar-refractivity contribution in [3.63, 3.8) is 0 Å². The lowest BCUT2D eigenvalue weighted by Gasteiger charge is -2.18. The second-order valence-corrected chi connectivity index (χ2v) is 4.85. The van der Waals surface area contributed by atoms with Gasteiger partial charge in [-0.15, -0.1) is 0 Å². The Morgan fingerprint density at radius 3 is 2.35 bits per heavy atom. The summed E-state index contributed by atoms with van der Waals surface area (Å²) in [5, 5.41) is 3.34. The molecule has 0 amide bonds. The van der Waals surface area contributed by atoms with E-state index in [0.29, 0.717) is 6.54 Å². The Bertz CT molecular complexity index is 475. The van der Waals surface area contributed by atoms with E-state index in [9.17, 15) is 0 Å². The molecule has 0 saturated carbocycles. The van der Waals surface area contributed by atoms with Gasteiger partial charge in [-0.3, -0.25) is 4.90 Å². The lowest BCUT2D eigenvalue weighted by atomic mass is 10.1. The molecule has 0 bridgehead atoms. The predicted octanol–water partition coefficient (Wildman–Crippen LogP) is 2.81. The maximum atomic E-state index is 5.18. The molecule has 1 aromatic heterocycles. The van der Waals surface area contributed by atoms with Crippen LogP contribution in [0.5, 0.6) is 0 Å². The average Bonchev–Trinajstić information content (AvgIpc) is 2.99. The van der Waals surface area contributed by atoms with E-state index in [1.807, 2.05) is 0 Å². The lowest BCUT2D eigenvalue weighted by Crippen LogP contribution is -2.22. The number of hydrogen-bond donors (Lipinski definition) is 1. The summed E-state index contributed by atoms with van der Waals surface area (Å²) in [7, 11) is 0. The molecule has 1 N–H and O–H groups in total. The summed E-state index contributed by atoms with van der Waals surface area (Å²) in [5.41, 5.74) is 2.65. The van der Waals surface area contributed by atoms with Crippen molar-refractivity contribution in [1.29, 1.82) is 0 Å². The average molecular weight is 273 g/mol. The number of rotatable bonds is 8. The van der Waals surface area contributed by atoms with Gasteiger partial charge in [-0.05, 0) is 24.2 Å². The SMILES string of the molecule is CCN(CC)Cc1ccc(CNCc2cnco2)cc1. The van der Waals surface area contributed by atoms with Crippen molar-refractivity contribution >= 4 is 0 Å². The Balaban J connectivity index is 1.79. The van der Waals surface area contributed by atoms with Gasteiger partial charge in [0, 0.05) is 13.1 Å². The first-order valence-corrected chi connectivity index (χ1v) is 7.20. The molecule has 0 fully saturated rings. The van der Waals surface area contributed by atoms with Crippen LogP contribution in [0.25, 0.3) is 0 Å². The molecular weight excluding hydrogens is 250 g/mol. The Morgan fingerprint density at radius 1 is 1.05 bits per heavy atom. The van der Waals surface area contributed by atoms with Crippen LogP contribution in [0.15, 0.2) is 41.3 Å². The molecule has 2 rings (SSSR count). The van der Waals surface area contributed by atoms with E-state index in [2.05, 4.69) is 53.3 Å². The molecular formula is C16H23N3O. The summed E-state index contributed by atoms with van der Waals surface area (Å²) in [5.74, 6) is 0.864. The van der Waals surface area contributed by atoms with Crippen LogP contribution in [-0.4, -0.2) is 23.0 Å². The molecule has 0 aliphatic heterocycles. The molecule has 108 valence electrons. The van der Waals surface area contributed by atoms with Crippen molar-refractivity contribution in [1.82, 2.24) is 15.2 Å². The zero-order valence-electron chi connectivity index (χ0n) is 12.3. The van der Waals surface area contributed by atoms with Gasteiger partial charge in [-0.2, -0.15) is 0 Å². The monoisotopic (exact) mass is 273 g/mol. The fourth-order valence-corrected chi connectivity index (χ4v) is 2.13. The fourth-order valence-electron chi connectivity index (χ4n) is 2.13. The summed E-state index contributed by atoms with van der Waals surface area (Å²) in [6.07, 6.45) is 3.19. The van der Waals surface area contributed by atoms with E-state index in [-0.39, 0.29) is 0 Å². The zero-order valence-corrected chi connectivity index (χ0v) is 12.3.